The van der Waals surface area contributed by atoms with E-state index in [1.54, 1.807) is 46.1 Å². The lowest BCUT2D eigenvalue weighted by Crippen LogP contribution is -2.46. The first kappa shape index (κ1) is 34.9. The molecule has 1 saturated heterocycles. The van der Waals surface area contributed by atoms with E-state index < -0.39 is 23.6 Å². The van der Waals surface area contributed by atoms with Crippen LogP contribution in [0.1, 0.15) is 63.8 Å². The second-order valence-corrected chi connectivity index (χ2v) is 14.0. The molecule has 1 fully saturated rings. The first-order valence-electron chi connectivity index (χ1n) is 17.2. The van der Waals surface area contributed by atoms with E-state index in [1.807, 2.05) is 35.2 Å². The number of hydrogen-bond acceptors (Lipinski definition) is 6. The van der Waals surface area contributed by atoms with Gasteiger partial charge in [-0.1, -0.05) is 24.3 Å². The fraction of sp³-hybridized carbons (Fsp3) is 0.421. The van der Waals surface area contributed by atoms with Crippen LogP contribution < -0.4 is 11.0 Å². The highest BCUT2D eigenvalue weighted by Crippen LogP contribution is 2.30. The topological polar surface area (TPSA) is 123 Å². The first-order valence-corrected chi connectivity index (χ1v) is 17.2. The molecule has 0 spiro atoms. The van der Waals surface area contributed by atoms with Crippen molar-refractivity contribution in [3.63, 3.8) is 0 Å². The van der Waals surface area contributed by atoms with Crippen LogP contribution in [0.15, 0.2) is 71.5 Å². The molecule has 0 bridgehead atoms. The number of methoxy groups -OCH3 is 1. The number of fused-ring (bicyclic) bond motifs is 2. The summed E-state index contributed by atoms with van der Waals surface area (Å²) in [5.74, 6) is 0.587. The van der Waals surface area contributed by atoms with Gasteiger partial charge in [-0.05, 0) is 94.5 Å². The van der Waals surface area contributed by atoms with Crippen LogP contribution in [0.4, 0.5) is 9.18 Å². The van der Waals surface area contributed by atoms with Crippen molar-refractivity contribution in [3.8, 4) is 5.69 Å². The smallest absolute Gasteiger partial charge is 0.407 e. The molecule has 2 amide bonds. The Hall–Kier alpha value is -4.97. The predicted octanol–water partition coefficient (Wildman–Crippen LogP) is 6.08. The minimum absolute atomic E-state index is 0.0491. The van der Waals surface area contributed by atoms with Gasteiger partial charge in [0.25, 0.3) is 0 Å². The maximum Gasteiger partial charge on any atom is 0.407 e. The van der Waals surface area contributed by atoms with Crippen LogP contribution in [0.2, 0.25) is 0 Å². The van der Waals surface area contributed by atoms with Gasteiger partial charge in [-0.15, -0.1) is 0 Å². The predicted molar refractivity (Wildman–Crippen MR) is 190 cm³/mol. The summed E-state index contributed by atoms with van der Waals surface area (Å²) in [6.07, 6.45) is 2.50. The van der Waals surface area contributed by atoms with Gasteiger partial charge >= 0.3 is 11.8 Å². The molecule has 11 nitrogen and oxygen atoms in total. The molecule has 3 heterocycles. The highest BCUT2D eigenvalue weighted by molar-refractivity contribution is 5.79. The van der Waals surface area contributed by atoms with Crippen molar-refractivity contribution in [2.24, 2.45) is 0 Å². The molecule has 1 aliphatic rings. The monoisotopic (exact) mass is 684 g/mol. The van der Waals surface area contributed by atoms with Crippen molar-refractivity contribution in [3.05, 3.63) is 94.4 Å². The van der Waals surface area contributed by atoms with Gasteiger partial charge in [-0.2, -0.15) is 0 Å². The summed E-state index contributed by atoms with van der Waals surface area (Å²) in [6, 6.07) is 19.1. The Labute approximate surface area is 290 Å². The number of alkyl carbamates (subject to hydrolysis) is 1. The molecule has 6 rings (SSSR count). The van der Waals surface area contributed by atoms with Gasteiger partial charge in [0.05, 0.1) is 27.8 Å². The summed E-state index contributed by atoms with van der Waals surface area (Å²) in [5.41, 5.74) is 3.38. The molecular formula is C38H45FN6O5. The van der Waals surface area contributed by atoms with Gasteiger partial charge in [0, 0.05) is 51.7 Å². The quantitative estimate of drug-likeness (QED) is 0.163. The number of amides is 2. The number of imidazole rings is 2. The number of nitrogens with zero attached hydrogens (tertiary/aromatic N) is 4. The summed E-state index contributed by atoms with van der Waals surface area (Å²) < 4.78 is 28.4. The summed E-state index contributed by atoms with van der Waals surface area (Å²) in [4.78, 5) is 49.2. The van der Waals surface area contributed by atoms with E-state index in [1.165, 1.54) is 16.7 Å². The van der Waals surface area contributed by atoms with Crippen molar-refractivity contribution in [2.75, 3.05) is 26.8 Å². The summed E-state index contributed by atoms with van der Waals surface area (Å²) in [5, 5.41) is 2.94. The minimum atomic E-state index is -0.704. The summed E-state index contributed by atoms with van der Waals surface area (Å²) >= 11 is 0. The average molecular weight is 685 g/mol. The fourth-order valence-corrected chi connectivity index (χ4v) is 6.82. The van der Waals surface area contributed by atoms with Crippen molar-refractivity contribution in [2.45, 2.75) is 77.0 Å². The zero-order chi connectivity index (χ0) is 35.4. The molecule has 2 atom stereocenters. The second-order valence-electron chi connectivity index (χ2n) is 14.0. The number of benzene rings is 3. The van der Waals surface area contributed by atoms with Crippen LogP contribution in [0.25, 0.3) is 27.8 Å². The maximum atomic E-state index is 13.9. The number of carbonyl (C=O) groups excluding carboxylic acids is 2. The number of piperidine rings is 1. The first-order chi connectivity index (χ1) is 24.0. The van der Waals surface area contributed by atoms with Crippen LogP contribution in [-0.2, 0) is 27.2 Å². The van der Waals surface area contributed by atoms with Gasteiger partial charge in [0.15, 0.2) is 0 Å². The zero-order valence-corrected chi connectivity index (χ0v) is 29.1. The molecule has 50 heavy (non-hydrogen) atoms. The number of para-hydroxylation sites is 2. The molecule has 3 aromatic carbocycles. The maximum absolute atomic E-state index is 13.9. The number of carbonyl (C=O) groups is 2. The van der Waals surface area contributed by atoms with E-state index in [0.717, 1.165) is 48.2 Å². The Morgan fingerprint density at radius 2 is 1.86 bits per heavy atom. The van der Waals surface area contributed by atoms with Crippen LogP contribution in [-0.4, -0.2) is 74.5 Å². The SMILES string of the molecule is COCCCn1c(C2CCCN(C(=O)CC(Cc3ccc(-n4c(=O)[nH]c5cc(F)ccc54)cc3)NC(=O)OC(C)(C)C)C2)nc2ccccc21. The molecule has 0 aliphatic carbocycles. The van der Waals surface area contributed by atoms with Gasteiger partial charge < -0.3 is 29.2 Å². The third kappa shape index (κ3) is 8.07. The number of H-pyrrole nitrogens is 1. The number of aromatic amines is 1. The Morgan fingerprint density at radius 3 is 2.62 bits per heavy atom. The van der Waals surface area contributed by atoms with E-state index in [4.69, 9.17) is 14.5 Å². The van der Waals surface area contributed by atoms with Gasteiger partial charge in [-0.3, -0.25) is 9.36 Å². The van der Waals surface area contributed by atoms with E-state index >= 15 is 0 Å². The van der Waals surface area contributed by atoms with Crippen molar-refractivity contribution >= 4 is 34.1 Å². The number of rotatable bonds is 11. The summed E-state index contributed by atoms with van der Waals surface area (Å²) in [7, 11) is 1.70. The largest absolute Gasteiger partial charge is 0.444 e. The van der Waals surface area contributed by atoms with E-state index in [9.17, 15) is 18.8 Å². The van der Waals surface area contributed by atoms with Crippen LogP contribution in [0.5, 0.6) is 0 Å². The minimum Gasteiger partial charge on any atom is -0.444 e. The molecule has 264 valence electrons. The Morgan fingerprint density at radius 1 is 1.08 bits per heavy atom. The lowest BCUT2D eigenvalue weighted by molar-refractivity contribution is -0.133. The Kier molecular flexibility index (Phi) is 10.4. The number of ether oxygens (including phenoxy) is 2. The molecule has 0 saturated carbocycles. The number of aryl methyl sites for hydroxylation is 1. The molecular weight excluding hydrogens is 639 g/mol. The second kappa shape index (κ2) is 14.9. The third-order valence-electron chi connectivity index (χ3n) is 9.02. The molecule has 2 unspecified atom stereocenters. The summed E-state index contributed by atoms with van der Waals surface area (Å²) in [6.45, 7) is 8.00. The molecule has 5 aromatic rings. The highest BCUT2D eigenvalue weighted by atomic mass is 19.1. The van der Waals surface area contributed by atoms with Crippen molar-refractivity contribution in [1.82, 2.24) is 29.3 Å². The van der Waals surface area contributed by atoms with Gasteiger partial charge in [-0.25, -0.2) is 19.0 Å². The van der Waals surface area contributed by atoms with Crippen molar-refractivity contribution < 1.29 is 23.5 Å². The van der Waals surface area contributed by atoms with Crippen molar-refractivity contribution in [1.29, 1.82) is 0 Å². The lowest BCUT2D eigenvalue weighted by Gasteiger charge is -2.34. The van der Waals surface area contributed by atoms with Crippen LogP contribution in [0, 0.1) is 5.82 Å². The van der Waals surface area contributed by atoms with E-state index in [-0.39, 0.29) is 23.9 Å². The number of nitrogens with one attached hydrogen (secondary N) is 2. The van der Waals surface area contributed by atoms with E-state index in [0.29, 0.717) is 42.8 Å². The lowest BCUT2D eigenvalue weighted by atomic mass is 9.95. The van der Waals surface area contributed by atoms with Crippen LogP contribution >= 0.6 is 0 Å². The number of halogens is 1. The Bertz CT molecular complexity index is 2030. The third-order valence-corrected chi connectivity index (χ3v) is 9.02. The standard InChI is InChI=1S/C38H45FN6O5/c1-38(2,3)50-37(48)40-28(21-25-12-15-29(16-13-25)45-33-17-14-27(39)22-31(33)42-36(45)47)23-34(46)43-18-7-9-26(24-43)35-41-30-10-5-6-11-32(30)44(35)19-8-20-49-4/h5-6,10-17,22,26,28H,7-9,18-21,23-24H2,1-4H3,(H,40,48)(H,42,47). The average Bonchev–Trinajstić information content (AvgIpc) is 3.60. The fourth-order valence-electron chi connectivity index (χ4n) is 6.82. The Balaban J connectivity index is 1.19. The number of hydrogen-bond donors (Lipinski definition) is 2. The highest BCUT2D eigenvalue weighted by Gasteiger charge is 2.30. The van der Waals surface area contributed by atoms with Crippen LogP contribution in [0.3, 0.4) is 0 Å². The molecule has 1 aliphatic heterocycles. The molecule has 2 N–H and O–H groups in total. The molecule has 12 heteroatoms. The molecule has 2 aromatic heterocycles. The van der Waals surface area contributed by atoms with Gasteiger partial charge in [0.2, 0.25) is 5.91 Å². The number of aromatic nitrogens is 4. The zero-order valence-electron chi connectivity index (χ0n) is 29.1. The van der Waals surface area contributed by atoms with E-state index in [2.05, 4.69) is 20.9 Å². The number of likely N-dealkylation sites (tertiary alicyclic amines) is 1. The molecule has 0 radical (unpaired) electrons. The normalized spacial score (nSPS) is 15.8. The van der Waals surface area contributed by atoms with Gasteiger partial charge in [0.1, 0.15) is 17.2 Å².